The van der Waals surface area contributed by atoms with Crippen LogP contribution in [-0.2, 0) is 6.42 Å². The molecule has 1 amide bonds. The summed E-state index contributed by atoms with van der Waals surface area (Å²) in [7, 11) is 0. The zero-order valence-corrected chi connectivity index (χ0v) is 14.9. The van der Waals surface area contributed by atoms with Gasteiger partial charge in [-0.15, -0.1) is 11.3 Å². The van der Waals surface area contributed by atoms with E-state index in [0.29, 0.717) is 11.4 Å². The summed E-state index contributed by atoms with van der Waals surface area (Å²) in [5.74, 6) is -0.0598. The number of thiophene rings is 1. The number of nitrogens with zero attached hydrogens (tertiary/aromatic N) is 1. The van der Waals surface area contributed by atoms with Crippen molar-refractivity contribution in [2.45, 2.75) is 13.3 Å². The Kier molecular flexibility index (Phi) is 5.10. The monoisotopic (exact) mass is 362 g/mol. The van der Waals surface area contributed by atoms with Crippen molar-refractivity contribution in [3.05, 3.63) is 62.2 Å². The smallest absolute Gasteiger partial charge is 0.263 e. The van der Waals surface area contributed by atoms with Crippen LogP contribution in [0.25, 0.3) is 10.6 Å². The highest BCUT2D eigenvalue weighted by Gasteiger charge is 2.16. The van der Waals surface area contributed by atoms with Gasteiger partial charge in [-0.1, -0.05) is 23.7 Å². The van der Waals surface area contributed by atoms with E-state index in [1.54, 1.807) is 11.3 Å². The second-order valence-corrected chi connectivity index (χ2v) is 7.29. The number of rotatable bonds is 5. The van der Waals surface area contributed by atoms with Crippen LogP contribution in [0.4, 0.5) is 0 Å². The molecule has 0 saturated carbocycles. The highest BCUT2D eigenvalue weighted by atomic mass is 35.5. The van der Waals surface area contributed by atoms with E-state index in [0.717, 1.165) is 33.3 Å². The largest absolute Gasteiger partial charge is 0.351 e. The van der Waals surface area contributed by atoms with Gasteiger partial charge in [0.25, 0.3) is 5.91 Å². The lowest BCUT2D eigenvalue weighted by molar-refractivity contribution is 0.0957. The normalized spacial score (nSPS) is 10.7. The minimum atomic E-state index is -0.0598. The summed E-state index contributed by atoms with van der Waals surface area (Å²) in [5, 5.41) is 8.63. The molecule has 0 bridgehead atoms. The van der Waals surface area contributed by atoms with E-state index in [9.17, 15) is 4.79 Å². The molecule has 0 spiro atoms. The molecular formula is C17H15ClN2OS2. The Morgan fingerprint density at radius 1 is 1.26 bits per heavy atom. The van der Waals surface area contributed by atoms with Crippen molar-refractivity contribution in [1.29, 1.82) is 0 Å². The Hall–Kier alpha value is -1.69. The topological polar surface area (TPSA) is 42.0 Å². The van der Waals surface area contributed by atoms with Crippen LogP contribution in [0.1, 0.15) is 20.9 Å². The summed E-state index contributed by atoms with van der Waals surface area (Å²) in [4.78, 5) is 17.5. The van der Waals surface area contributed by atoms with E-state index in [4.69, 9.17) is 11.6 Å². The summed E-state index contributed by atoms with van der Waals surface area (Å²) in [6, 6.07) is 9.69. The molecule has 2 heterocycles. The van der Waals surface area contributed by atoms with Crippen LogP contribution in [0.15, 0.2) is 41.1 Å². The van der Waals surface area contributed by atoms with Gasteiger partial charge in [-0.2, -0.15) is 11.3 Å². The summed E-state index contributed by atoms with van der Waals surface area (Å²) in [6.07, 6.45) is 0.776. The second kappa shape index (κ2) is 7.25. The van der Waals surface area contributed by atoms with Crippen molar-refractivity contribution in [1.82, 2.24) is 10.3 Å². The van der Waals surface area contributed by atoms with Crippen LogP contribution in [0.2, 0.25) is 5.02 Å². The van der Waals surface area contributed by atoms with Crippen LogP contribution >= 0.6 is 34.3 Å². The molecule has 0 fully saturated rings. The first-order valence-corrected chi connectivity index (χ1v) is 9.30. The van der Waals surface area contributed by atoms with Gasteiger partial charge in [0.2, 0.25) is 0 Å². The predicted molar refractivity (Wildman–Crippen MR) is 97.7 cm³/mol. The van der Waals surface area contributed by atoms with E-state index in [-0.39, 0.29) is 5.91 Å². The van der Waals surface area contributed by atoms with Crippen LogP contribution in [0, 0.1) is 6.92 Å². The number of amides is 1. The number of carbonyl (C=O) groups excluding carboxylic acids is 1. The average Bonchev–Trinajstić information content (AvgIpc) is 3.18. The van der Waals surface area contributed by atoms with Crippen molar-refractivity contribution >= 4 is 40.2 Å². The van der Waals surface area contributed by atoms with Gasteiger partial charge in [0, 0.05) is 22.5 Å². The molecule has 23 heavy (non-hydrogen) atoms. The molecule has 0 saturated heterocycles. The fourth-order valence-electron chi connectivity index (χ4n) is 2.17. The lowest BCUT2D eigenvalue weighted by Crippen LogP contribution is -2.25. The number of halogens is 1. The molecule has 0 aliphatic heterocycles. The zero-order valence-electron chi connectivity index (χ0n) is 12.5. The van der Waals surface area contributed by atoms with Gasteiger partial charge in [-0.05, 0) is 42.5 Å². The quantitative estimate of drug-likeness (QED) is 0.707. The molecule has 0 aliphatic rings. The molecule has 1 N–H and O–H groups in total. The maximum atomic E-state index is 12.3. The van der Waals surface area contributed by atoms with Crippen molar-refractivity contribution in [3.63, 3.8) is 0 Å². The number of carbonyl (C=O) groups is 1. The number of thiazole rings is 1. The minimum absolute atomic E-state index is 0.0598. The number of benzene rings is 1. The number of aryl methyl sites for hydroxylation is 1. The first-order chi connectivity index (χ1) is 11.1. The lowest BCUT2D eigenvalue weighted by atomic mass is 10.1. The summed E-state index contributed by atoms with van der Waals surface area (Å²) in [6.45, 7) is 2.46. The molecule has 0 radical (unpaired) electrons. The van der Waals surface area contributed by atoms with Crippen LogP contribution < -0.4 is 5.32 Å². The van der Waals surface area contributed by atoms with Gasteiger partial charge in [0.1, 0.15) is 9.88 Å². The van der Waals surface area contributed by atoms with Gasteiger partial charge in [-0.3, -0.25) is 4.79 Å². The molecule has 118 valence electrons. The summed E-state index contributed by atoms with van der Waals surface area (Å²) in [5.41, 5.74) is 3.00. The van der Waals surface area contributed by atoms with Gasteiger partial charge in [0.15, 0.2) is 0 Å². The molecule has 0 unspecified atom stereocenters. The van der Waals surface area contributed by atoms with Crippen molar-refractivity contribution < 1.29 is 4.79 Å². The third-order valence-corrected chi connectivity index (χ3v) is 5.52. The predicted octanol–water partition coefficient (Wildman–Crippen LogP) is 4.81. The lowest BCUT2D eigenvalue weighted by Gasteiger charge is -2.04. The Labute approximate surface area is 148 Å². The van der Waals surface area contributed by atoms with Gasteiger partial charge >= 0.3 is 0 Å². The third-order valence-electron chi connectivity index (χ3n) is 3.38. The molecule has 0 atom stereocenters. The molecule has 1 aromatic carbocycles. The first-order valence-electron chi connectivity index (χ1n) is 7.16. The summed E-state index contributed by atoms with van der Waals surface area (Å²) >= 11 is 8.93. The van der Waals surface area contributed by atoms with Gasteiger partial charge in [-0.25, -0.2) is 4.98 Å². The zero-order chi connectivity index (χ0) is 16.2. The fourth-order valence-corrected chi connectivity index (χ4v) is 3.99. The van der Waals surface area contributed by atoms with E-state index in [1.807, 2.05) is 48.0 Å². The van der Waals surface area contributed by atoms with E-state index in [1.165, 1.54) is 11.3 Å². The molecule has 2 aromatic heterocycles. The maximum absolute atomic E-state index is 12.3. The van der Waals surface area contributed by atoms with E-state index in [2.05, 4.69) is 10.3 Å². The summed E-state index contributed by atoms with van der Waals surface area (Å²) < 4.78 is 0. The number of hydrogen-bond acceptors (Lipinski definition) is 4. The van der Waals surface area contributed by atoms with E-state index < -0.39 is 0 Å². The molecular weight excluding hydrogens is 348 g/mol. The highest BCUT2D eigenvalue weighted by molar-refractivity contribution is 7.17. The number of aromatic nitrogens is 1. The molecule has 0 aliphatic carbocycles. The number of nitrogens with one attached hydrogen (secondary N) is 1. The number of hydrogen-bond donors (Lipinski definition) is 1. The van der Waals surface area contributed by atoms with Crippen LogP contribution in [0.5, 0.6) is 0 Å². The Balaban J connectivity index is 1.61. The Morgan fingerprint density at radius 3 is 2.74 bits per heavy atom. The fraction of sp³-hybridized carbons (Fsp3) is 0.176. The maximum Gasteiger partial charge on any atom is 0.263 e. The molecule has 3 rings (SSSR count). The first kappa shape index (κ1) is 16.2. The van der Waals surface area contributed by atoms with Crippen LogP contribution in [0.3, 0.4) is 0 Å². The van der Waals surface area contributed by atoms with Crippen molar-refractivity contribution in [2.75, 3.05) is 6.54 Å². The standard InChI is InChI=1S/C17H15ClN2OS2/c1-11-15(23-17(20-11)13-7-9-22-10-13)16(21)19-8-6-12-2-4-14(18)5-3-12/h2-5,7,9-10H,6,8H2,1H3,(H,19,21). The van der Waals surface area contributed by atoms with E-state index >= 15 is 0 Å². The highest BCUT2D eigenvalue weighted by Crippen LogP contribution is 2.29. The third kappa shape index (κ3) is 3.99. The molecule has 3 nitrogen and oxygen atoms in total. The average molecular weight is 363 g/mol. The molecule has 6 heteroatoms. The second-order valence-electron chi connectivity index (χ2n) is 5.08. The SMILES string of the molecule is Cc1nc(-c2ccsc2)sc1C(=O)NCCc1ccc(Cl)cc1. The Bertz CT molecular complexity index is 795. The van der Waals surface area contributed by atoms with Crippen LogP contribution in [-0.4, -0.2) is 17.4 Å². The van der Waals surface area contributed by atoms with Gasteiger partial charge < -0.3 is 5.32 Å². The Morgan fingerprint density at radius 2 is 2.04 bits per heavy atom. The minimum Gasteiger partial charge on any atom is -0.351 e. The molecule has 3 aromatic rings. The van der Waals surface area contributed by atoms with Crippen molar-refractivity contribution in [3.8, 4) is 10.6 Å². The van der Waals surface area contributed by atoms with Gasteiger partial charge in [0.05, 0.1) is 5.69 Å². The van der Waals surface area contributed by atoms with Crippen molar-refractivity contribution in [2.24, 2.45) is 0 Å².